The normalized spacial score (nSPS) is 10.6. The van der Waals surface area contributed by atoms with Gasteiger partial charge in [0.1, 0.15) is 10.6 Å². The Labute approximate surface area is 157 Å². The molecule has 0 saturated heterocycles. The quantitative estimate of drug-likeness (QED) is 0.591. The third kappa shape index (κ3) is 4.28. The number of amides is 1. The van der Waals surface area contributed by atoms with Crippen LogP contribution in [0.4, 0.5) is 5.00 Å². The van der Waals surface area contributed by atoms with E-state index in [4.69, 9.17) is 11.6 Å². The van der Waals surface area contributed by atoms with Crippen LogP contribution in [0.3, 0.4) is 0 Å². The van der Waals surface area contributed by atoms with Crippen LogP contribution in [0.1, 0.15) is 21.7 Å². The van der Waals surface area contributed by atoms with E-state index in [-0.39, 0.29) is 11.5 Å². The fourth-order valence-corrected chi connectivity index (χ4v) is 4.20. The zero-order valence-corrected chi connectivity index (χ0v) is 15.4. The van der Waals surface area contributed by atoms with Crippen molar-refractivity contribution >= 4 is 51.2 Å². The van der Waals surface area contributed by atoms with Crippen molar-refractivity contribution in [3.63, 3.8) is 0 Å². The average molecular weight is 392 g/mol. The molecule has 0 aliphatic carbocycles. The molecule has 2 aromatic heterocycles. The van der Waals surface area contributed by atoms with Crippen molar-refractivity contribution in [1.29, 1.82) is 0 Å². The van der Waals surface area contributed by atoms with Gasteiger partial charge in [-0.2, -0.15) is 0 Å². The Balaban J connectivity index is 1.78. The van der Waals surface area contributed by atoms with Crippen LogP contribution in [0.15, 0.2) is 47.2 Å². The molecule has 0 unspecified atom stereocenters. The number of carbonyl (C=O) groups excluding carboxylic acids is 1. The zero-order chi connectivity index (χ0) is 17.8. The predicted octanol–water partition coefficient (Wildman–Crippen LogP) is 5.40. The van der Waals surface area contributed by atoms with E-state index < -0.39 is 5.97 Å². The maximum atomic E-state index is 12.2. The number of halogens is 1. The summed E-state index contributed by atoms with van der Waals surface area (Å²) in [4.78, 5) is 25.0. The number of hydrogen-bond acceptors (Lipinski definition) is 4. The van der Waals surface area contributed by atoms with Crippen LogP contribution in [-0.4, -0.2) is 17.0 Å². The Kier molecular flexibility index (Phi) is 5.53. The van der Waals surface area contributed by atoms with Crippen molar-refractivity contribution in [2.75, 3.05) is 5.32 Å². The van der Waals surface area contributed by atoms with Crippen molar-refractivity contribution < 1.29 is 14.7 Å². The molecule has 1 aromatic carbocycles. The first-order valence-corrected chi connectivity index (χ1v) is 9.61. The number of aryl methyl sites for hydroxylation is 1. The van der Waals surface area contributed by atoms with Gasteiger partial charge >= 0.3 is 5.97 Å². The van der Waals surface area contributed by atoms with E-state index >= 15 is 0 Å². The third-order valence-electron chi connectivity index (χ3n) is 3.59. The van der Waals surface area contributed by atoms with Crippen LogP contribution in [0.25, 0.3) is 11.1 Å². The average Bonchev–Trinajstić information content (AvgIpc) is 3.23. The van der Waals surface area contributed by atoms with Crippen molar-refractivity contribution in [2.45, 2.75) is 12.8 Å². The summed E-state index contributed by atoms with van der Waals surface area (Å²) in [5.41, 5.74) is 1.43. The van der Waals surface area contributed by atoms with Gasteiger partial charge < -0.3 is 10.4 Å². The summed E-state index contributed by atoms with van der Waals surface area (Å²) in [5, 5.41) is 16.9. The van der Waals surface area contributed by atoms with E-state index in [0.29, 0.717) is 28.4 Å². The molecule has 0 spiro atoms. The van der Waals surface area contributed by atoms with Crippen LogP contribution >= 0.6 is 34.3 Å². The molecule has 0 radical (unpaired) electrons. The monoisotopic (exact) mass is 391 g/mol. The molecular weight excluding hydrogens is 378 g/mol. The first-order chi connectivity index (χ1) is 12.0. The fraction of sp³-hybridized carbons (Fsp3) is 0.111. The number of nitrogens with one attached hydrogen (secondary N) is 1. The Hall–Kier alpha value is -2.15. The van der Waals surface area contributed by atoms with Gasteiger partial charge in [-0.1, -0.05) is 29.8 Å². The number of carboxylic acid groups (broad SMARTS) is 1. The summed E-state index contributed by atoms with van der Waals surface area (Å²) in [6.45, 7) is 0. The van der Waals surface area contributed by atoms with Crippen molar-refractivity contribution in [1.82, 2.24) is 0 Å². The summed E-state index contributed by atoms with van der Waals surface area (Å²) in [6.07, 6.45) is 0.953. The topological polar surface area (TPSA) is 66.4 Å². The third-order valence-corrected chi connectivity index (χ3v) is 5.68. The van der Waals surface area contributed by atoms with Gasteiger partial charge in [-0.25, -0.2) is 4.79 Å². The number of carbonyl (C=O) groups is 2. The highest BCUT2D eigenvalue weighted by Crippen LogP contribution is 2.36. The SMILES string of the molecule is O=C(CCc1cccs1)Nc1scc(-c2ccc(Cl)cc2)c1C(=O)O. The number of hydrogen-bond donors (Lipinski definition) is 2. The molecule has 7 heteroatoms. The van der Waals surface area contributed by atoms with E-state index in [1.807, 2.05) is 17.5 Å². The summed E-state index contributed by atoms with van der Waals surface area (Å²) in [6, 6.07) is 10.9. The molecular formula is C18H14ClNO3S2. The lowest BCUT2D eigenvalue weighted by atomic mass is 10.0. The lowest BCUT2D eigenvalue weighted by molar-refractivity contribution is -0.116. The molecule has 3 aromatic rings. The molecule has 0 aliphatic rings. The van der Waals surface area contributed by atoms with Gasteiger partial charge in [-0.05, 0) is 35.6 Å². The summed E-state index contributed by atoms with van der Waals surface area (Å²) < 4.78 is 0. The minimum atomic E-state index is -1.07. The second kappa shape index (κ2) is 7.82. The van der Waals surface area contributed by atoms with E-state index in [1.54, 1.807) is 41.0 Å². The number of thiophene rings is 2. The van der Waals surface area contributed by atoms with Gasteiger partial charge in [-0.3, -0.25) is 4.79 Å². The molecule has 1 amide bonds. The van der Waals surface area contributed by atoms with Crippen molar-refractivity contribution in [2.24, 2.45) is 0 Å². The molecule has 0 saturated carbocycles. The Bertz CT molecular complexity index is 886. The van der Waals surface area contributed by atoms with Gasteiger partial charge in [0.15, 0.2) is 0 Å². The van der Waals surface area contributed by atoms with Gasteiger partial charge in [-0.15, -0.1) is 22.7 Å². The highest BCUT2D eigenvalue weighted by atomic mass is 35.5. The number of rotatable bonds is 6. The van der Waals surface area contributed by atoms with Gasteiger partial charge in [0, 0.05) is 27.3 Å². The zero-order valence-electron chi connectivity index (χ0n) is 13.0. The summed E-state index contributed by atoms with van der Waals surface area (Å²) in [5.74, 6) is -1.26. The number of anilines is 1. The van der Waals surface area contributed by atoms with E-state index in [9.17, 15) is 14.7 Å². The smallest absolute Gasteiger partial charge is 0.339 e. The Morgan fingerprint density at radius 2 is 1.88 bits per heavy atom. The van der Waals surface area contributed by atoms with E-state index in [1.165, 1.54) is 11.3 Å². The van der Waals surface area contributed by atoms with Crippen molar-refractivity contribution in [3.8, 4) is 11.1 Å². The Morgan fingerprint density at radius 3 is 2.52 bits per heavy atom. The maximum Gasteiger partial charge on any atom is 0.339 e. The highest BCUT2D eigenvalue weighted by molar-refractivity contribution is 7.15. The maximum absolute atomic E-state index is 12.2. The van der Waals surface area contributed by atoms with Crippen LogP contribution in [0.5, 0.6) is 0 Å². The molecule has 4 nitrogen and oxygen atoms in total. The minimum Gasteiger partial charge on any atom is -0.478 e. The minimum absolute atomic E-state index is 0.108. The lowest BCUT2D eigenvalue weighted by Crippen LogP contribution is -2.13. The molecule has 3 rings (SSSR count). The second-order valence-electron chi connectivity index (χ2n) is 5.29. The van der Waals surface area contributed by atoms with Crippen LogP contribution in [0.2, 0.25) is 5.02 Å². The second-order valence-corrected chi connectivity index (χ2v) is 7.64. The fourth-order valence-electron chi connectivity index (χ4n) is 2.38. The largest absolute Gasteiger partial charge is 0.478 e. The Morgan fingerprint density at radius 1 is 1.12 bits per heavy atom. The number of carboxylic acids is 1. The van der Waals surface area contributed by atoms with Crippen LogP contribution in [-0.2, 0) is 11.2 Å². The van der Waals surface area contributed by atoms with Crippen LogP contribution in [0, 0.1) is 0 Å². The standard InChI is InChI=1S/C18H14ClNO3S2/c19-12-5-3-11(4-6-12)14-10-25-17(16(14)18(22)23)20-15(21)8-7-13-2-1-9-24-13/h1-6,9-10H,7-8H2,(H,20,21)(H,22,23). The molecule has 0 bridgehead atoms. The van der Waals surface area contributed by atoms with Gasteiger partial charge in [0.05, 0.1) is 0 Å². The first-order valence-electron chi connectivity index (χ1n) is 7.47. The number of aromatic carboxylic acids is 1. The number of benzene rings is 1. The molecule has 25 heavy (non-hydrogen) atoms. The summed E-state index contributed by atoms with van der Waals surface area (Å²) >= 11 is 8.69. The van der Waals surface area contributed by atoms with Gasteiger partial charge in [0.2, 0.25) is 5.91 Å². The molecule has 0 atom stereocenters. The molecule has 0 aliphatic heterocycles. The highest BCUT2D eigenvalue weighted by Gasteiger charge is 2.21. The van der Waals surface area contributed by atoms with E-state index in [0.717, 1.165) is 10.4 Å². The summed E-state index contributed by atoms with van der Waals surface area (Å²) in [7, 11) is 0. The first kappa shape index (κ1) is 17.7. The molecule has 128 valence electrons. The molecule has 2 heterocycles. The lowest BCUT2D eigenvalue weighted by Gasteiger charge is -2.06. The van der Waals surface area contributed by atoms with E-state index in [2.05, 4.69) is 5.32 Å². The molecule has 0 fully saturated rings. The van der Waals surface area contributed by atoms with Gasteiger partial charge in [0.25, 0.3) is 0 Å². The van der Waals surface area contributed by atoms with Crippen molar-refractivity contribution in [3.05, 3.63) is 62.6 Å². The van der Waals surface area contributed by atoms with Crippen LogP contribution < -0.4 is 5.32 Å². The molecule has 2 N–H and O–H groups in total. The predicted molar refractivity (Wildman–Crippen MR) is 103 cm³/mol.